The predicted molar refractivity (Wildman–Crippen MR) is 68.4 cm³/mol. The molecular weight excluding hydrogens is 304 g/mol. The molecule has 2 nitrogen and oxygen atoms in total. The maximum absolute atomic E-state index is 13.4. The Labute approximate surface area is 113 Å². The molecule has 1 fully saturated rings. The number of hydrogen-bond donors (Lipinski definition) is 0. The van der Waals surface area contributed by atoms with E-state index in [9.17, 15) is 13.6 Å². The van der Waals surface area contributed by atoms with E-state index in [1.807, 2.05) is 0 Å². The van der Waals surface area contributed by atoms with Gasteiger partial charge in [0, 0.05) is 18.7 Å². The summed E-state index contributed by atoms with van der Waals surface area (Å²) in [6, 6.07) is 2.15. The number of benzene rings is 1. The van der Waals surface area contributed by atoms with Crippen LogP contribution in [0.25, 0.3) is 0 Å². The van der Waals surface area contributed by atoms with E-state index >= 15 is 0 Å². The predicted octanol–water partition coefficient (Wildman–Crippen LogP) is 3.60. The molecule has 2 rings (SSSR count). The first-order valence-corrected chi connectivity index (χ1v) is 6.72. The van der Waals surface area contributed by atoms with Crippen LogP contribution in [0.5, 0.6) is 0 Å². The fourth-order valence-corrected chi connectivity index (χ4v) is 2.30. The Morgan fingerprint density at radius 1 is 1.28 bits per heavy atom. The lowest BCUT2D eigenvalue weighted by atomic mass is 9.98. The first kappa shape index (κ1) is 13.5. The first-order valence-electron chi connectivity index (χ1n) is 5.93. The third-order valence-electron chi connectivity index (χ3n) is 3.30. The molecule has 1 saturated heterocycles. The first-order chi connectivity index (χ1) is 8.49. The highest BCUT2D eigenvalue weighted by molar-refractivity contribution is 9.10. The third-order valence-corrected chi connectivity index (χ3v) is 4.06. The van der Waals surface area contributed by atoms with E-state index in [1.165, 1.54) is 0 Å². The van der Waals surface area contributed by atoms with Crippen LogP contribution in [-0.4, -0.2) is 23.9 Å². The monoisotopic (exact) mass is 317 g/mol. The molecule has 5 heteroatoms. The van der Waals surface area contributed by atoms with E-state index in [2.05, 4.69) is 22.9 Å². The molecule has 1 heterocycles. The van der Waals surface area contributed by atoms with Crippen LogP contribution in [0, 0.1) is 17.6 Å². The highest BCUT2D eigenvalue weighted by Gasteiger charge is 2.23. The minimum atomic E-state index is -0.747. The van der Waals surface area contributed by atoms with E-state index in [-0.39, 0.29) is 15.9 Å². The molecule has 0 saturated carbocycles. The van der Waals surface area contributed by atoms with Crippen LogP contribution < -0.4 is 0 Å². The lowest BCUT2D eigenvalue weighted by Crippen LogP contribution is -2.38. The largest absolute Gasteiger partial charge is 0.339 e. The van der Waals surface area contributed by atoms with Crippen molar-refractivity contribution in [3.05, 3.63) is 33.8 Å². The fraction of sp³-hybridized carbons (Fsp3) is 0.462. The summed E-state index contributed by atoms with van der Waals surface area (Å²) in [5, 5.41) is 0. The van der Waals surface area contributed by atoms with E-state index in [0.717, 1.165) is 25.0 Å². The maximum Gasteiger partial charge on any atom is 0.254 e. The molecule has 0 unspecified atom stereocenters. The summed E-state index contributed by atoms with van der Waals surface area (Å²) in [4.78, 5) is 13.8. The molecule has 1 aromatic carbocycles. The Kier molecular flexibility index (Phi) is 4.00. The Bertz CT molecular complexity index is 447. The van der Waals surface area contributed by atoms with E-state index in [0.29, 0.717) is 19.0 Å². The molecule has 1 aliphatic rings. The van der Waals surface area contributed by atoms with Gasteiger partial charge in [-0.2, -0.15) is 0 Å². The second-order valence-electron chi connectivity index (χ2n) is 4.73. The molecule has 0 N–H and O–H groups in total. The second kappa shape index (κ2) is 5.34. The van der Waals surface area contributed by atoms with Crippen molar-refractivity contribution < 1.29 is 13.6 Å². The van der Waals surface area contributed by atoms with Gasteiger partial charge in [-0.25, -0.2) is 8.78 Å². The van der Waals surface area contributed by atoms with Crippen LogP contribution in [0.3, 0.4) is 0 Å². The molecule has 0 aliphatic carbocycles. The van der Waals surface area contributed by atoms with Gasteiger partial charge in [0.05, 0.1) is 4.47 Å². The quantitative estimate of drug-likeness (QED) is 0.725. The number of likely N-dealkylation sites (tertiary alicyclic amines) is 1. The van der Waals surface area contributed by atoms with Crippen LogP contribution >= 0.6 is 15.9 Å². The van der Waals surface area contributed by atoms with Gasteiger partial charge < -0.3 is 4.90 Å². The van der Waals surface area contributed by atoms with Gasteiger partial charge in [-0.05, 0) is 46.8 Å². The van der Waals surface area contributed by atoms with E-state index in [1.54, 1.807) is 4.90 Å². The molecule has 1 aromatic rings. The minimum Gasteiger partial charge on any atom is -0.339 e. The van der Waals surface area contributed by atoms with Gasteiger partial charge in [-0.15, -0.1) is 0 Å². The van der Waals surface area contributed by atoms with Gasteiger partial charge >= 0.3 is 0 Å². The molecule has 0 bridgehead atoms. The van der Waals surface area contributed by atoms with Crippen LogP contribution in [0.4, 0.5) is 8.78 Å². The average Bonchev–Trinajstić information content (AvgIpc) is 2.35. The normalized spacial score (nSPS) is 17.0. The summed E-state index contributed by atoms with van der Waals surface area (Å²) in [6.45, 7) is 3.44. The van der Waals surface area contributed by atoms with Crippen molar-refractivity contribution in [3.8, 4) is 0 Å². The highest BCUT2D eigenvalue weighted by Crippen LogP contribution is 2.23. The Morgan fingerprint density at radius 2 is 1.78 bits per heavy atom. The SMILES string of the molecule is CC1CCN(C(=O)c2cc(F)c(Br)c(F)c2)CC1. The maximum atomic E-state index is 13.4. The molecule has 98 valence electrons. The zero-order chi connectivity index (χ0) is 13.3. The van der Waals surface area contributed by atoms with E-state index in [4.69, 9.17) is 0 Å². The zero-order valence-corrected chi connectivity index (χ0v) is 11.6. The number of halogens is 3. The molecular formula is C13H14BrF2NO. The van der Waals surface area contributed by atoms with Crippen molar-refractivity contribution in [1.29, 1.82) is 0 Å². The summed E-state index contributed by atoms with van der Waals surface area (Å²) in [6.07, 6.45) is 1.88. The number of carbonyl (C=O) groups is 1. The molecule has 0 spiro atoms. The molecule has 0 atom stereocenters. The van der Waals surface area contributed by atoms with Crippen molar-refractivity contribution in [3.63, 3.8) is 0 Å². The number of piperidine rings is 1. The van der Waals surface area contributed by atoms with Gasteiger partial charge in [0.2, 0.25) is 0 Å². The number of hydrogen-bond acceptors (Lipinski definition) is 1. The van der Waals surface area contributed by atoms with Crippen LogP contribution in [0.15, 0.2) is 16.6 Å². The Balaban J connectivity index is 2.19. The summed E-state index contributed by atoms with van der Waals surface area (Å²) >= 11 is 2.79. The molecule has 0 radical (unpaired) electrons. The van der Waals surface area contributed by atoms with Crippen LogP contribution in [0.1, 0.15) is 30.1 Å². The number of rotatable bonds is 1. The van der Waals surface area contributed by atoms with Gasteiger partial charge in [0.15, 0.2) is 0 Å². The second-order valence-corrected chi connectivity index (χ2v) is 5.52. The zero-order valence-electron chi connectivity index (χ0n) is 10.0. The molecule has 18 heavy (non-hydrogen) atoms. The summed E-state index contributed by atoms with van der Waals surface area (Å²) < 4.78 is 26.5. The van der Waals surface area contributed by atoms with Crippen molar-refractivity contribution in [2.75, 3.05) is 13.1 Å². The summed E-state index contributed by atoms with van der Waals surface area (Å²) in [7, 11) is 0. The van der Waals surface area contributed by atoms with Gasteiger partial charge in [0.25, 0.3) is 5.91 Å². The van der Waals surface area contributed by atoms with Crippen molar-refractivity contribution in [1.82, 2.24) is 4.90 Å². The van der Waals surface area contributed by atoms with Crippen molar-refractivity contribution in [2.45, 2.75) is 19.8 Å². The molecule has 0 aromatic heterocycles. The number of nitrogens with zero attached hydrogens (tertiary/aromatic N) is 1. The summed E-state index contributed by atoms with van der Waals surface area (Å²) in [5.74, 6) is -1.19. The lowest BCUT2D eigenvalue weighted by Gasteiger charge is -2.30. The number of amides is 1. The topological polar surface area (TPSA) is 20.3 Å². The summed E-state index contributed by atoms with van der Waals surface area (Å²) in [5.41, 5.74) is 0.0720. The third kappa shape index (κ3) is 2.71. The van der Waals surface area contributed by atoms with Crippen molar-refractivity contribution >= 4 is 21.8 Å². The Hall–Kier alpha value is -0.970. The smallest absolute Gasteiger partial charge is 0.254 e. The molecule has 1 amide bonds. The number of carbonyl (C=O) groups excluding carboxylic acids is 1. The average molecular weight is 318 g/mol. The van der Waals surface area contributed by atoms with Gasteiger partial charge in [0.1, 0.15) is 11.6 Å². The standard InChI is InChI=1S/C13H14BrF2NO/c1-8-2-4-17(5-3-8)13(18)9-6-10(15)12(14)11(16)7-9/h6-8H,2-5H2,1H3. The highest BCUT2D eigenvalue weighted by atomic mass is 79.9. The van der Waals surface area contributed by atoms with Gasteiger partial charge in [-0.1, -0.05) is 6.92 Å². The lowest BCUT2D eigenvalue weighted by molar-refractivity contribution is 0.0696. The fourth-order valence-electron chi connectivity index (χ4n) is 2.07. The van der Waals surface area contributed by atoms with Crippen LogP contribution in [0.2, 0.25) is 0 Å². The van der Waals surface area contributed by atoms with E-state index < -0.39 is 11.6 Å². The Morgan fingerprint density at radius 3 is 2.28 bits per heavy atom. The van der Waals surface area contributed by atoms with Crippen LogP contribution in [-0.2, 0) is 0 Å². The van der Waals surface area contributed by atoms with Gasteiger partial charge in [-0.3, -0.25) is 4.79 Å². The minimum absolute atomic E-state index is 0.0720. The molecule has 1 aliphatic heterocycles. The van der Waals surface area contributed by atoms with Crippen molar-refractivity contribution in [2.24, 2.45) is 5.92 Å².